The molecule has 0 bridgehead atoms. The van der Waals surface area contributed by atoms with E-state index in [-0.39, 0.29) is 6.61 Å². The molecule has 0 aliphatic rings. The minimum Gasteiger partial charge on any atom is -0.395 e. The summed E-state index contributed by atoms with van der Waals surface area (Å²) in [6.07, 6.45) is 1.73. The first kappa shape index (κ1) is 12.4. The van der Waals surface area contributed by atoms with Crippen LogP contribution in [0.5, 0.6) is 0 Å². The van der Waals surface area contributed by atoms with Crippen LogP contribution in [0.2, 0.25) is 0 Å². The van der Waals surface area contributed by atoms with E-state index in [1.807, 2.05) is 30.3 Å². The summed E-state index contributed by atoms with van der Waals surface area (Å²) in [5, 5.41) is 19.6. The van der Waals surface area contributed by atoms with Gasteiger partial charge in [0.05, 0.1) is 12.1 Å². The Kier molecular flexibility index (Phi) is 3.22. The minimum absolute atomic E-state index is 0.0728. The van der Waals surface area contributed by atoms with Crippen LogP contribution in [-0.2, 0) is 0 Å². The Hall–Kier alpha value is -2.60. The van der Waals surface area contributed by atoms with Gasteiger partial charge in [-0.25, -0.2) is 4.98 Å². The van der Waals surface area contributed by atoms with Gasteiger partial charge in [-0.1, -0.05) is 6.07 Å². The summed E-state index contributed by atoms with van der Waals surface area (Å²) in [5.74, 6) is 1.23. The molecule has 3 aromatic rings. The van der Waals surface area contributed by atoms with Crippen LogP contribution in [0.1, 0.15) is 0 Å². The van der Waals surface area contributed by atoms with Crippen molar-refractivity contribution in [2.24, 2.45) is 0 Å². The molecule has 0 aliphatic carbocycles. The first-order valence-corrected chi connectivity index (χ1v) is 6.32. The van der Waals surface area contributed by atoms with Gasteiger partial charge in [0, 0.05) is 18.1 Å². The van der Waals surface area contributed by atoms with Crippen molar-refractivity contribution in [3.05, 3.63) is 36.5 Å². The number of benzene rings is 1. The quantitative estimate of drug-likeness (QED) is 0.576. The molecule has 5 N–H and O–H groups in total. The second-order valence-corrected chi connectivity index (χ2v) is 4.45. The van der Waals surface area contributed by atoms with Crippen molar-refractivity contribution in [1.82, 2.24) is 15.2 Å². The molecule has 0 unspecified atom stereocenters. The minimum atomic E-state index is 0.0728. The van der Waals surface area contributed by atoms with E-state index in [2.05, 4.69) is 20.5 Å². The molecule has 0 radical (unpaired) electrons. The van der Waals surface area contributed by atoms with Gasteiger partial charge in [0.15, 0.2) is 5.82 Å². The molecular formula is C14H15N5O. The van der Waals surface area contributed by atoms with Crippen molar-refractivity contribution < 1.29 is 5.11 Å². The molecule has 0 spiro atoms. The Morgan fingerprint density at radius 2 is 2.05 bits per heavy atom. The summed E-state index contributed by atoms with van der Waals surface area (Å²) < 4.78 is 0. The first-order valence-electron chi connectivity index (χ1n) is 6.32. The second-order valence-electron chi connectivity index (χ2n) is 4.45. The molecule has 3 rings (SSSR count). The van der Waals surface area contributed by atoms with E-state index in [1.54, 1.807) is 6.20 Å². The van der Waals surface area contributed by atoms with Gasteiger partial charge in [0.2, 0.25) is 0 Å². The highest BCUT2D eigenvalue weighted by molar-refractivity contribution is 5.92. The van der Waals surface area contributed by atoms with E-state index >= 15 is 0 Å². The molecule has 6 heteroatoms. The standard InChI is InChI=1S/C14H15N5O/c15-14-11-7-9(1-2-12(11)18-19-14)10-3-4-16-13(8-10)17-5-6-20/h1-4,7-8,20H,5-6H2,(H,16,17)(H3,15,18,19). The zero-order valence-corrected chi connectivity index (χ0v) is 10.8. The van der Waals surface area contributed by atoms with Crippen LogP contribution in [0.15, 0.2) is 36.5 Å². The molecular weight excluding hydrogens is 254 g/mol. The van der Waals surface area contributed by atoms with Gasteiger partial charge < -0.3 is 16.2 Å². The fraction of sp³-hybridized carbons (Fsp3) is 0.143. The molecule has 0 saturated heterocycles. The third kappa shape index (κ3) is 2.28. The fourth-order valence-electron chi connectivity index (χ4n) is 2.10. The molecule has 0 aliphatic heterocycles. The van der Waals surface area contributed by atoms with Gasteiger partial charge in [0.25, 0.3) is 0 Å². The number of hydrogen-bond acceptors (Lipinski definition) is 5. The number of nitrogens with two attached hydrogens (primary N) is 1. The summed E-state index contributed by atoms with van der Waals surface area (Å²) in [5.41, 5.74) is 8.81. The van der Waals surface area contributed by atoms with Crippen molar-refractivity contribution in [3.8, 4) is 11.1 Å². The third-order valence-corrected chi connectivity index (χ3v) is 3.10. The van der Waals surface area contributed by atoms with E-state index < -0.39 is 0 Å². The lowest BCUT2D eigenvalue weighted by Crippen LogP contribution is -2.06. The highest BCUT2D eigenvalue weighted by Crippen LogP contribution is 2.27. The number of fused-ring (bicyclic) bond motifs is 1. The molecule has 0 fully saturated rings. The molecule has 102 valence electrons. The third-order valence-electron chi connectivity index (χ3n) is 3.10. The Bertz CT molecular complexity index is 737. The molecule has 20 heavy (non-hydrogen) atoms. The Morgan fingerprint density at radius 1 is 1.20 bits per heavy atom. The summed E-state index contributed by atoms with van der Waals surface area (Å²) in [6.45, 7) is 0.549. The van der Waals surface area contributed by atoms with Crippen molar-refractivity contribution in [3.63, 3.8) is 0 Å². The zero-order chi connectivity index (χ0) is 13.9. The highest BCUT2D eigenvalue weighted by atomic mass is 16.3. The number of hydrogen-bond donors (Lipinski definition) is 4. The lowest BCUT2D eigenvalue weighted by atomic mass is 10.0. The molecule has 1 aromatic carbocycles. The summed E-state index contributed by atoms with van der Waals surface area (Å²) >= 11 is 0. The SMILES string of the molecule is Nc1n[nH]c2ccc(-c3ccnc(NCCO)c3)cc12. The van der Waals surface area contributed by atoms with Crippen molar-refractivity contribution in [2.45, 2.75) is 0 Å². The van der Waals surface area contributed by atoms with Gasteiger partial charge in [-0.3, -0.25) is 5.10 Å². The molecule has 6 nitrogen and oxygen atoms in total. The van der Waals surface area contributed by atoms with E-state index in [1.165, 1.54) is 0 Å². The van der Waals surface area contributed by atoms with Crippen LogP contribution in [0, 0.1) is 0 Å². The first-order chi connectivity index (χ1) is 9.78. The van der Waals surface area contributed by atoms with Crippen LogP contribution >= 0.6 is 0 Å². The number of aliphatic hydroxyl groups excluding tert-OH is 1. The molecule has 2 aromatic heterocycles. The van der Waals surface area contributed by atoms with Crippen LogP contribution < -0.4 is 11.1 Å². The van der Waals surface area contributed by atoms with Crippen LogP contribution in [-0.4, -0.2) is 33.4 Å². The van der Waals surface area contributed by atoms with Crippen molar-refractivity contribution in [1.29, 1.82) is 0 Å². The number of H-pyrrole nitrogens is 1. The van der Waals surface area contributed by atoms with Crippen molar-refractivity contribution >= 4 is 22.5 Å². The lowest BCUT2D eigenvalue weighted by molar-refractivity contribution is 0.311. The van der Waals surface area contributed by atoms with Crippen LogP contribution in [0.4, 0.5) is 11.6 Å². The number of rotatable bonds is 4. The number of anilines is 2. The number of aliphatic hydroxyl groups is 1. The Labute approximate surface area is 115 Å². The number of nitrogens with zero attached hydrogens (tertiary/aromatic N) is 2. The van der Waals surface area contributed by atoms with Gasteiger partial charge >= 0.3 is 0 Å². The van der Waals surface area contributed by atoms with Gasteiger partial charge in [-0.2, -0.15) is 5.10 Å². The van der Waals surface area contributed by atoms with E-state index in [4.69, 9.17) is 10.8 Å². The average Bonchev–Trinajstić information content (AvgIpc) is 2.86. The largest absolute Gasteiger partial charge is 0.395 e. The summed E-state index contributed by atoms with van der Waals surface area (Å²) in [4.78, 5) is 4.21. The number of aromatic amines is 1. The van der Waals surface area contributed by atoms with Crippen molar-refractivity contribution in [2.75, 3.05) is 24.2 Å². The lowest BCUT2D eigenvalue weighted by Gasteiger charge is -2.06. The maximum atomic E-state index is 8.82. The maximum Gasteiger partial charge on any atom is 0.153 e. The summed E-state index contributed by atoms with van der Waals surface area (Å²) in [6, 6.07) is 9.83. The smallest absolute Gasteiger partial charge is 0.153 e. The highest BCUT2D eigenvalue weighted by Gasteiger charge is 2.05. The second kappa shape index (κ2) is 5.18. The average molecular weight is 269 g/mol. The van der Waals surface area contributed by atoms with E-state index in [0.29, 0.717) is 12.4 Å². The topological polar surface area (TPSA) is 99.9 Å². The predicted octanol–water partition coefficient (Wildman–Crippen LogP) is 1.61. The molecule has 0 saturated carbocycles. The number of nitrogens with one attached hydrogen (secondary N) is 2. The van der Waals surface area contributed by atoms with Gasteiger partial charge in [-0.15, -0.1) is 0 Å². The van der Waals surface area contributed by atoms with Gasteiger partial charge in [0.1, 0.15) is 5.82 Å². The number of aromatic nitrogens is 3. The number of pyridine rings is 1. The Morgan fingerprint density at radius 3 is 2.90 bits per heavy atom. The van der Waals surface area contributed by atoms with Gasteiger partial charge in [-0.05, 0) is 35.4 Å². The normalized spacial score (nSPS) is 10.8. The fourth-order valence-corrected chi connectivity index (χ4v) is 2.10. The number of nitrogen functional groups attached to an aromatic ring is 1. The van der Waals surface area contributed by atoms with E-state index in [9.17, 15) is 0 Å². The maximum absolute atomic E-state index is 8.82. The van der Waals surface area contributed by atoms with E-state index in [0.717, 1.165) is 27.8 Å². The monoisotopic (exact) mass is 269 g/mol. The van der Waals surface area contributed by atoms with Crippen LogP contribution in [0.3, 0.4) is 0 Å². The molecule has 0 amide bonds. The summed E-state index contributed by atoms with van der Waals surface area (Å²) in [7, 11) is 0. The van der Waals surface area contributed by atoms with Crippen LogP contribution in [0.25, 0.3) is 22.0 Å². The zero-order valence-electron chi connectivity index (χ0n) is 10.8. The molecule has 0 atom stereocenters. The Balaban J connectivity index is 1.99. The predicted molar refractivity (Wildman–Crippen MR) is 79.3 cm³/mol. The molecule has 2 heterocycles.